The minimum atomic E-state index is -0.256. The van der Waals surface area contributed by atoms with Crippen LogP contribution < -0.4 is 20.1 Å². The normalized spacial score (nSPS) is 10.5. The lowest BCUT2D eigenvalue weighted by atomic mass is 10.2. The summed E-state index contributed by atoms with van der Waals surface area (Å²) in [6, 6.07) is 33.5. The Morgan fingerprint density at radius 2 is 0.951 bits per heavy atom. The van der Waals surface area contributed by atoms with Crippen molar-refractivity contribution in [1.82, 2.24) is 20.8 Å². The third-order valence-corrected chi connectivity index (χ3v) is 6.04. The molecule has 4 aromatic carbocycles. The summed E-state index contributed by atoms with van der Waals surface area (Å²) >= 11 is 0. The molecule has 0 spiro atoms. The first-order valence-corrected chi connectivity index (χ1v) is 13.0. The van der Waals surface area contributed by atoms with Gasteiger partial charge in [-0.2, -0.15) is 0 Å². The molecule has 0 unspecified atom stereocenters. The topological polar surface area (TPSA) is 116 Å². The van der Waals surface area contributed by atoms with Crippen molar-refractivity contribution in [2.45, 2.75) is 13.1 Å². The zero-order valence-electron chi connectivity index (χ0n) is 22.2. The van der Waals surface area contributed by atoms with Gasteiger partial charge in [-0.1, -0.05) is 84.9 Å². The summed E-state index contributed by atoms with van der Waals surface area (Å²) in [5, 5.41) is 14.1. The molecular weight excluding hydrogens is 520 g/mol. The molecule has 1 aromatic heterocycles. The number of ether oxygens (including phenoxy) is 2. The van der Waals surface area contributed by atoms with E-state index in [0.717, 1.165) is 11.1 Å². The van der Waals surface area contributed by atoms with Crippen molar-refractivity contribution in [2.75, 3.05) is 13.2 Å². The molecule has 1 heterocycles. The predicted molar refractivity (Wildman–Crippen MR) is 153 cm³/mol. The smallest absolute Gasteiger partial charge is 0.258 e. The van der Waals surface area contributed by atoms with Crippen molar-refractivity contribution in [3.05, 3.63) is 120 Å². The van der Waals surface area contributed by atoms with Crippen molar-refractivity contribution in [2.24, 2.45) is 0 Å². The van der Waals surface area contributed by atoms with Crippen LogP contribution in [0.15, 0.2) is 114 Å². The van der Waals surface area contributed by atoms with E-state index in [1.807, 2.05) is 72.8 Å². The van der Waals surface area contributed by atoms with Crippen molar-refractivity contribution in [3.63, 3.8) is 0 Å². The van der Waals surface area contributed by atoms with Crippen LogP contribution in [0.5, 0.6) is 11.5 Å². The van der Waals surface area contributed by atoms with Crippen LogP contribution in [0.4, 0.5) is 0 Å². The first-order valence-electron chi connectivity index (χ1n) is 13.0. The molecule has 0 saturated carbocycles. The fraction of sp³-hybridized carbons (Fsp3) is 0.125. The average Bonchev–Trinajstić information content (AvgIpc) is 3.52. The van der Waals surface area contributed by atoms with Gasteiger partial charge < -0.3 is 24.5 Å². The van der Waals surface area contributed by atoms with Crippen LogP contribution in [0, 0.1) is 0 Å². The van der Waals surface area contributed by atoms with E-state index < -0.39 is 0 Å². The molecule has 2 amide bonds. The Hall–Kier alpha value is -5.44. The van der Waals surface area contributed by atoms with E-state index in [1.54, 1.807) is 36.4 Å². The first-order chi connectivity index (χ1) is 20.2. The summed E-state index contributed by atoms with van der Waals surface area (Å²) in [4.78, 5) is 24.7. The lowest BCUT2D eigenvalue weighted by Crippen LogP contribution is -2.28. The quantitative estimate of drug-likeness (QED) is 0.230. The molecule has 9 heteroatoms. The summed E-state index contributed by atoms with van der Waals surface area (Å²) in [6.45, 7) is 0.476. The Labute approximate surface area is 237 Å². The monoisotopic (exact) mass is 548 g/mol. The fourth-order valence-corrected chi connectivity index (χ4v) is 3.96. The zero-order chi connectivity index (χ0) is 28.3. The predicted octanol–water partition coefficient (Wildman–Crippen LogP) is 4.79. The highest BCUT2D eigenvalue weighted by atomic mass is 16.5. The molecule has 206 valence electrons. The van der Waals surface area contributed by atoms with E-state index in [2.05, 4.69) is 20.8 Å². The van der Waals surface area contributed by atoms with Gasteiger partial charge in [-0.3, -0.25) is 9.59 Å². The maximum Gasteiger partial charge on any atom is 0.258 e. The first kappa shape index (κ1) is 27.1. The molecule has 0 fully saturated rings. The number of aromatic nitrogens is 2. The number of carbonyl (C=O) groups excluding carboxylic acids is 2. The van der Waals surface area contributed by atoms with Gasteiger partial charge in [0.2, 0.25) is 0 Å². The molecule has 0 radical (unpaired) electrons. The summed E-state index contributed by atoms with van der Waals surface area (Å²) in [7, 11) is 0. The maximum absolute atomic E-state index is 12.4. The van der Waals surface area contributed by atoms with Crippen LogP contribution in [0.3, 0.4) is 0 Å². The third kappa shape index (κ3) is 7.57. The molecule has 5 aromatic rings. The average molecular weight is 549 g/mol. The number of amides is 2. The Morgan fingerprint density at radius 1 is 0.561 bits per heavy atom. The van der Waals surface area contributed by atoms with Crippen LogP contribution in [-0.2, 0) is 22.7 Å². The van der Waals surface area contributed by atoms with Gasteiger partial charge in [0.25, 0.3) is 23.6 Å². The molecular formula is C32H28N4O5. The summed E-state index contributed by atoms with van der Waals surface area (Å²) in [5.41, 5.74) is 3.08. The number of nitrogens with zero attached hydrogens (tertiary/aromatic N) is 2. The van der Waals surface area contributed by atoms with Crippen LogP contribution in [0.1, 0.15) is 11.1 Å². The Balaban J connectivity index is 1.21. The van der Waals surface area contributed by atoms with E-state index in [9.17, 15) is 9.59 Å². The number of rotatable bonds is 12. The number of para-hydroxylation sites is 2. The second-order valence-electron chi connectivity index (χ2n) is 9.01. The number of hydrogen-bond acceptors (Lipinski definition) is 7. The molecule has 2 N–H and O–H groups in total. The molecule has 0 aliphatic rings. The van der Waals surface area contributed by atoms with Gasteiger partial charge in [0.15, 0.2) is 13.2 Å². The molecule has 0 aliphatic heterocycles. The van der Waals surface area contributed by atoms with E-state index in [0.29, 0.717) is 35.7 Å². The highest BCUT2D eigenvalue weighted by Gasteiger charge is 2.18. The van der Waals surface area contributed by atoms with Crippen molar-refractivity contribution in [1.29, 1.82) is 0 Å². The van der Waals surface area contributed by atoms with Gasteiger partial charge in [0, 0.05) is 13.1 Å². The summed E-state index contributed by atoms with van der Waals surface area (Å²) in [5.74, 6) is 0.781. The van der Waals surface area contributed by atoms with E-state index in [4.69, 9.17) is 13.9 Å². The molecule has 41 heavy (non-hydrogen) atoms. The Kier molecular flexibility index (Phi) is 8.98. The SMILES string of the molecule is O=C(COc1ccccc1-c1nnc(-c2ccccc2OCC(=O)NCc2ccccc2)o1)NCc1ccccc1. The lowest BCUT2D eigenvalue weighted by Gasteiger charge is -2.10. The van der Waals surface area contributed by atoms with Gasteiger partial charge in [0.1, 0.15) is 11.5 Å². The second kappa shape index (κ2) is 13.6. The fourth-order valence-electron chi connectivity index (χ4n) is 3.96. The van der Waals surface area contributed by atoms with Crippen LogP contribution >= 0.6 is 0 Å². The number of benzene rings is 4. The van der Waals surface area contributed by atoms with E-state index in [-0.39, 0.29) is 36.8 Å². The highest BCUT2D eigenvalue weighted by Crippen LogP contribution is 2.34. The van der Waals surface area contributed by atoms with Crippen molar-refractivity contribution in [3.8, 4) is 34.4 Å². The highest BCUT2D eigenvalue weighted by molar-refractivity contribution is 5.78. The summed E-state index contributed by atoms with van der Waals surface area (Å²) in [6.07, 6.45) is 0. The maximum atomic E-state index is 12.4. The Bertz CT molecular complexity index is 1470. The number of hydrogen-bond donors (Lipinski definition) is 2. The molecule has 0 saturated heterocycles. The standard InChI is InChI=1S/C32H28N4O5/c37-29(33-19-23-11-3-1-4-12-23)21-39-27-17-9-7-15-25(27)31-35-36-32(41-31)26-16-8-10-18-28(26)40-22-30(38)34-20-24-13-5-2-6-14-24/h1-18H,19-22H2,(H,33,37)(H,34,38). The largest absolute Gasteiger partial charge is 0.483 e. The van der Waals surface area contributed by atoms with Crippen LogP contribution in [0.2, 0.25) is 0 Å². The minimum absolute atomic E-state index is 0.173. The van der Waals surface area contributed by atoms with Crippen molar-refractivity contribution < 1.29 is 23.5 Å². The number of carbonyl (C=O) groups is 2. The summed E-state index contributed by atoms with van der Waals surface area (Å²) < 4.78 is 17.6. The van der Waals surface area contributed by atoms with Crippen molar-refractivity contribution >= 4 is 11.8 Å². The van der Waals surface area contributed by atoms with E-state index >= 15 is 0 Å². The molecule has 5 rings (SSSR count). The van der Waals surface area contributed by atoms with Gasteiger partial charge in [-0.05, 0) is 35.4 Å². The van der Waals surface area contributed by atoms with Gasteiger partial charge in [-0.25, -0.2) is 0 Å². The van der Waals surface area contributed by atoms with Gasteiger partial charge >= 0.3 is 0 Å². The number of nitrogens with one attached hydrogen (secondary N) is 2. The van der Waals surface area contributed by atoms with Gasteiger partial charge in [-0.15, -0.1) is 10.2 Å². The molecule has 0 bridgehead atoms. The lowest BCUT2D eigenvalue weighted by molar-refractivity contribution is -0.124. The minimum Gasteiger partial charge on any atom is -0.483 e. The third-order valence-electron chi connectivity index (χ3n) is 6.04. The Morgan fingerprint density at radius 3 is 1.39 bits per heavy atom. The van der Waals surface area contributed by atoms with Crippen LogP contribution in [-0.4, -0.2) is 35.2 Å². The zero-order valence-corrected chi connectivity index (χ0v) is 22.2. The van der Waals surface area contributed by atoms with E-state index in [1.165, 1.54) is 0 Å². The second-order valence-corrected chi connectivity index (χ2v) is 9.01. The molecule has 9 nitrogen and oxygen atoms in total. The van der Waals surface area contributed by atoms with Gasteiger partial charge in [0.05, 0.1) is 11.1 Å². The molecule has 0 aliphatic carbocycles. The van der Waals surface area contributed by atoms with Crippen LogP contribution in [0.25, 0.3) is 22.9 Å². The molecule has 0 atom stereocenters.